The number of ether oxygens (including phenoxy) is 3. The summed E-state index contributed by atoms with van der Waals surface area (Å²) in [5, 5.41) is 15.8. The van der Waals surface area contributed by atoms with Crippen LogP contribution >= 0.6 is 39.1 Å². The topological polar surface area (TPSA) is 100 Å². The molecule has 0 spiro atoms. The van der Waals surface area contributed by atoms with Gasteiger partial charge in [0, 0.05) is 5.70 Å². The summed E-state index contributed by atoms with van der Waals surface area (Å²) in [6.07, 6.45) is 0. The summed E-state index contributed by atoms with van der Waals surface area (Å²) < 4.78 is 19.1. The summed E-state index contributed by atoms with van der Waals surface area (Å²) in [4.78, 5) is 12.9. The van der Waals surface area contributed by atoms with Crippen molar-refractivity contribution in [2.45, 2.75) is 26.5 Å². The van der Waals surface area contributed by atoms with E-state index in [-0.39, 0.29) is 13.2 Å². The van der Waals surface area contributed by atoms with Gasteiger partial charge in [-0.05, 0) is 75.6 Å². The van der Waals surface area contributed by atoms with Crippen LogP contribution in [-0.2, 0) is 16.1 Å². The Morgan fingerprint density at radius 2 is 2.03 bits per heavy atom. The van der Waals surface area contributed by atoms with Gasteiger partial charge in [0.05, 0.1) is 33.8 Å². The smallest absolute Gasteiger partial charge is 0.338 e. The van der Waals surface area contributed by atoms with E-state index in [2.05, 4.69) is 36.8 Å². The van der Waals surface area contributed by atoms with Crippen molar-refractivity contribution in [3.05, 3.63) is 67.2 Å². The molecule has 34 heavy (non-hydrogen) atoms. The molecule has 1 aromatic heterocycles. The lowest BCUT2D eigenvalue weighted by atomic mass is 9.95. The fraction of sp³-hybridized carbons (Fsp3) is 0.273. The lowest BCUT2D eigenvalue weighted by Crippen LogP contribution is -2.29. The Morgan fingerprint density at radius 3 is 2.74 bits per heavy atom. The van der Waals surface area contributed by atoms with Crippen molar-refractivity contribution in [1.29, 1.82) is 0 Å². The molecule has 0 saturated heterocycles. The highest BCUT2D eigenvalue weighted by Crippen LogP contribution is 2.43. The van der Waals surface area contributed by atoms with Crippen LogP contribution < -0.4 is 14.8 Å². The molecule has 2 heterocycles. The standard InChI is InChI=1S/C22H20BrCl2N5O4/c1-4-33-21(31)18-11(2)26-22-27-28-29-30(22)19(18)13-8-14(23)20(17(9-13)32-3)34-10-12-5-6-15(24)16(25)7-12/h5-9,19H,4,10H2,1-3H3,(H,26,27,29). The first kappa shape index (κ1) is 24.3. The summed E-state index contributed by atoms with van der Waals surface area (Å²) in [5.41, 5.74) is 2.52. The number of carbonyl (C=O) groups excluding carboxylic acids is 1. The Morgan fingerprint density at radius 1 is 1.24 bits per heavy atom. The summed E-state index contributed by atoms with van der Waals surface area (Å²) >= 11 is 15.7. The van der Waals surface area contributed by atoms with Crippen molar-refractivity contribution in [2.24, 2.45) is 0 Å². The molecule has 1 atom stereocenters. The van der Waals surface area contributed by atoms with E-state index in [9.17, 15) is 4.79 Å². The number of aromatic nitrogens is 4. The normalized spacial score (nSPS) is 14.9. The number of hydrogen-bond acceptors (Lipinski definition) is 8. The van der Waals surface area contributed by atoms with Crippen molar-refractivity contribution in [3.8, 4) is 11.5 Å². The van der Waals surface area contributed by atoms with Gasteiger partial charge in [0.25, 0.3) is 0 Å². The number of nitrogens with one attached hydrogen (secondary N) is 1. The van der Waals surface area contributed by atoms with Crippen LogP contribution in [0, 0.1) is 0 Å². The third kappa shape index (κ3) is 4.70. The lowest BCUT2D eigenvalue weighted by molar-refractivity contribution is -0.139. The van der Waals surface area contributed by atoms with Crippen LogP contribution in [0.4, 0.5) is 5.95 Å². The van der Waals surface area contributed by atoms with Gasteiger partial charge in [-0.25, -0.2) is 4.79 Å². The Hall–Kier alpha value is -2.82. The molecule has 4 rings (SSSR count). The number of esters is 1. The number of anilines is 1. The number of carbonyl (C=O) groups is 1. The van der Waals surface area contributed by atoms with E-state index in [4.69, 9.17) is 37.4 Å². The molecule has 0 fully saturated rings. The molecule has 0 radical (unpaired) electrons. The molecule has 1 aliphatic heterocycles. The predicted molar refractivity (Wildman–Crippen MR) is 130 cm³/mol. The van der Waals surface area contributed by atoms with Crippen LogP contribution in [0.5, 0.6) is 11.5 Å². The van der Waals surface area contributed by atoms with E-state index in [0.29, 0.717) is 48.8 Å². The molecule has 1 unspecified atom stereocenters. The van der Waals surface area contributed by atoms with Crippen LogP contribution in [0.2, 0.25) is 10.0 Å². The van der Waals surface area contributed by atoms with Crippen LogP contribution in [-0.4, -0.2) is 39.9 Å². The average molecular weight is 569 g/mol. The SMILES string of the molecule is CCOC(=O)C1=C(C)Nc2nnnn2C1c1cc(Br)c(OCc2ccc(Cl)c(Cl)c2)c(OC)c1. The second-order valence-electron chi connectivity index (χ2n) is 7.30. The fourth-order valence-corrected chi connectivity index (χ4v) is 4.51. The van der Waals surface area contributed by atoms with E-state index < -0.39 is 12.0 Å². The molecule has 0 saturated carbocycles. The molecular formula is C22H20BrCl2N5O4. The van der Waals surface area contributed by atoms with Crippen molar-refractivity contribution in [2.75, 3.05) is 19.0 Å². The first-order chi connectivity index (χ1) is 16.3. The maximum Gasteiger partial charge on any atom is 0.338 e. The number of tetrazole rings is 1. The third-order valence-electron chi connectivity index (χ3n) is 5.14. The third-order valence-corrected chi connectivity index (χ3v) is 6.47. The minimum Gasteiger partial charge on any atom is -0.493 e. The molecule has 0 bridgehead atoms. The van der Waals surface area contributed by atoms with Crippen molar-refractivity contribution in [1.82, 2.24) is 20.2 Å². The van der Waals surface area contributed by atoms with Gasteiger partial charge in [-0.15, -0.1) is 0 Å². The number of methoxy groups -OCH3 is 1. The van der Waals surface area contributed by atoms with Gasteiger partial charge >= 0.3 is 5.97 Å². The highest BCUT2D eigenvalue weighted by atomic mass is 79.9. The zero-order valence-corrected chi connectivity index (χ0v) is 21.5. The Bertz CT molecular complexity index is 1280. The molecule has 1 N–H and O–H groups in total. The molecule has 3 aromatic rings. The highest BCUT2D eigenvalue weighted by molar-refractivity contribution is 9.10. The number of nitrogens with zero attached hydrogens (tertiary/aromatic N) is 4. The maximum absolute atomic E-state index is 12.9. The minimum absolute atomic E-state index is 0.235. The second kappa shape index (κ2) is 10.2. The number of hydrogen-bond donors (Lipinski definition) is 1. The van der Waals surface area contributed by atoms with Crippen molar-refractivity contribution >= 4 is 51.0 Å². The lowest BCUT2D eigenvalue weighted by Gasteiger charge is -2.28. The largest absolute Gasteiger partial charge is 0.493 e. The minimum atomic E-state index is -0.639. The van der Waals surface area contributed by atoms with Crippen molar-refractivity contribution in [3.63, 3.8) is 0 Å². The van der Waals surface area contributed by atoms with E-state index in [0.717, 1.165) is 5.56 Å². The zero-order valence-electron chi connectivity index (χ0n) is 18.4. The number of allylic oxidation sites excluding steroid dienone is 1. The van der Waals surface area contributed by atoms with Crippen LogP contribution in [0.3, 0.4) is 0 Å². The summed E-state index contributed by atoms with van der Waals surface area (Å²) in [6.45, 7) is 4.00. The van der Waals surface area contributed by atoms with E-state index in [1.54, 1.807) is 32.0 Å². The van der Waals surface area contributed by atoms with E-state index in [1.807, 2.05) is 12.1 Å². The van der Waals surface area contributed by atoms with E-state index in [1.165, 1.54) is 11.8 Å². The Balaban J connectivity index is 1.72. The van der Waals surface area contributed by atoms with Gasteiger partial charge in [0.2, 0.25) is 5.95 Å². The van der Waals surface area contributed by atoms with Gasteiger partial charge in [0.15, 0.2) is 11.5 Å². The average Bonchev–Trinajstić information content (AvgIpc) is 3.27. The predicted octanol–water partition coefficient (Wildman–Crippen LogP) is 5.18. The number of halogens is 3. The molecule has 9 nitrogen and oxygen atoms in total. The summed E-state index contributed by atoms with van der Waals surface area (Å²) in [7, 11) is 1.54. The van der Waals surface area contributed by atoms with Crippen LogP contribution in [0.15, 0.2) is 46.1 Å². The quantitative estimate of drug-likeness (QED) is 0.389. The number of fused-ring (bicyclic) bond motifs is 1. The number of benzene rings is 2. The molecule has 0 aliphatic carbocycles. The van der Waals surface area contributed by atoms with Crippen LogP contribution in [0.1, 0.15) is 31.0 Å². The summed E-state index contributed by atoms with van der Waals surface area (Å²) in [6, 6.07) is 8.26. The van der Waals surface area contributed by atoms with Gasteiger partial charge in [-0.1, -0.05) is 34.4 Å². The van der Waals surface area contributed by atoms with E-state index >= 15 is 0 Å². The molecule has 0 amide bonds. The summed E-state index contributed by atoms with van der Waals surface area (Å²) in [5.74, 6) is 0.888. The highest BCUT2D eigenvalue weighted by Gasteiger charge is 2.35. The van der Waals surface area contributed by atoms with Crippen LogP contribution in [0.25, 0.3) is 0 Å². The van der Waals surface area contributed by atoms with Gasteiger partial charge in [-0.3, -0.25) is 0 Å². The van der Waals surface area contributed by atoms with Gasteiger partial charge in [0.1, 0.15) is 12.6 Å². The first-order valence-corrected chi connectivity index (χ1v) is 11.8. The first-order valence-electron chi connectivity index (χ1n) is 10.2. The zero-order chi connectivity index (χ0) is 24.4. The number of rotatable bonds is 7. The molecule has 1 aliphatic rings. The Labute approximate surface area is 214 Å². The maximum atomic E-state index is 12.9. The van der Waals surface area contributed by atoms with Gasteiger partial charge in [-0.2, -0.15) is 4.68 Å². The molecular weight excluding hydrogens is 549 g/mol. The Kier molecular flexibility index (Phi) is 7.30. The monoisotopic (exact) mass is 567 g/mol. The molecule has 12 heteroatoms. The van der Waals surface area contributed by atoms with Gasteiger partial charge < -0.3 is 19.5 Å². The van der Waals surface area contributed by atoms with Crippen molar-refractivity contribution < 1.29 is 19.0 Å². The molecule has 178 valence electrons. The molecule has 2 aromatic carbocycles. The fourth-order valence-electron chi connectivity index (χ4n) is 3.62. The second-order valence-corrected chi connectivity index (χ2v) is 8.97.